The maximum atomic E-state index is 13.2. The average molecular weight is 399 g/mol. The summed E-state index contributed by atoms with van der Waals surface area (Å²) in [4.78, 5) is 27.0. The van der Waals surface area contributed by atoms with Gasteiger partial charge >= 0.3 is 0 Å². The number of carbonyl (C=O) groups excluding carboxylic acids is 2. The van der Waals surface area contributed by atoms with Gasteiger partial charge in [-0.15, -0.1) is 0 Å². The minimum Gasteiger partial charge on any atom is -0.357 e. The van der Waals surface area contributed by atoms with Crippen molar-refractivity contribution in [3.05, 3.63) is 71.0 Å². The Hall–Kier alpha value is -2.69. The van der Waals surface area contributed by atoms with E-state index in [4.69, 9.17) is 0 Å². The Labute approximate surface area is 173 Å². The number of rotatable bonds is 9. The zero-order valence-electron chi connectivity index (χ0n) is 17.7. The number of nitrogens with zero attached hydrogens (tertiary/aromatic N) is 1. The third-order valence-corrected chi connectivity index (χ3v) is 5.17. The van der Waals surface area contributed by atoms with Crippen molar-refractivity contribution in [3.63, 3.8) is 0 Å². The molecular formula is C24H31FN2O2. The van der Waals surface area contributed by atoms with Crippen LogP contribution in [0.15, 0.2) is 48.5 Å². The molecule has 29 heavy (non-hydrogen) atoms. The highest BCUT2D eigenvalue weighted by Gasteiger charge is 2.27. The van der Waals surface area contributed by atoms with E-state index in [0.717, 1.165) is 11.1 Å². The van der Waals surface area contributed by atoms with Crippen LogP contribution in [0.25, 0.3) is 0 Å². The van der Waals surface area contributed by atoms with Gasteiger partial charge in [-0.3, -0.25) is 9.59 Å². The number of nitrogens with one attached hydrogen (secondary N) is 1. The molecule has 0 heterocycles. The first kappa shape index (κ1) is 22.6. The Bertz CT molecular complexity index is 801. The normalized spacial score (nSPS) is 11.9. The zero-order chi connectivity index (χ0) is 21.4. The van der Waals surface area contributed by atoms with E-state index in [9.17, 15) is 14.0 Å². The van der Waals surface area contributed by atoms with Crippen LogP contribution in [0, 0.1) is 5.82 Å². The minimum atomic E-state index is -0.555. The molecule has 156 valence electrons. The summed E-state index contributed by atoms with van der Waals surface area (Å²) in [6.45, 7) is 6.46. The van der Waals surface area contributed by atoms with Gasteiger partial charge in [0.15, 0.2) is 0 Å². The first-order valence-corrected chi connectivity index (χ1v) is 10.2. The second kappa shape index (κ2) is 10.7. The SMILES string of the molecule is CC[C@@H](C(=O)NC)N(Cc1ccc(F)cc1)C(=O)CCc1ccc(C(C)C)cc1. The molecule has 0 aliphatic carbocycles. The smallest absolute Gasteiger partial charge is 0.242 e. The molecule has 2 rings (SSSR count). The molecule has 2 amide bonds. The fourth-order valence-electron chi connectivity index (χ4n) is 3.34. The molecule has 0 bridgehead atoms. The van der Waals surface area contributed by atoms with Gasteiger partial charge in [-0.2, -0.15) is 0 Å². The molecule has 0 fully saturated rings. The lowest BCUT2D eigenvalue weighted by Crippen LogP contribution is -2.48. The van der Waals surface area contributed by atoms with Gasteiger partial charge in [0.1, 0.15) is 11.9 Å². The molecule has 1 atom stereocenters. The predicted octanol–water partition coefficient (Wildman–Crippen LogP) is 4.44. The van der Waals surface area contributed by atoms with E-state index in [1.54, 1.807) is 24.1 Å². The van der Waals surface area contributed by atoms with Crippen LogP contribution in [0.5, 0.6) is 0 Å². The number of carbonyl (C=O) groups is 2. The van der Waals surface area contributed by atoms with Crippen molar-refractivity contribution in [3.8, 4) is 0 Å². The predicted molar refractivity (Wildman–Crippen MR) is 114 cm³/mol. The Morgan fingerprint density at radius 3 is 2.10 bits per heavy atom. The van der Waals surface area contributed by atoms with Crippen LogP contribution < -0.4 is 5.32 Å². The van der Waals surface area contributed by atoms with Crippen LogP contribution >= 0.6 is 0 Å². The topological polar surface area (TPSA) is 49.4 Å². The summed E-state index contributed by atoms with van der Waals surface area (Å²) < 4.78 is 13.2. The summed E-state index contributed by atoms with van der Waals surface area (Å²) >= 11 is 0. The maximum absolute atomic E-state index is 13.2. The fourth-order valence-corrected chi connectivity index (χ4v) is 3.34. The number of hydrogen-bond acceptors (Lipinski definition) is 2. The molecule has 2 aromatic rings. The zero-order valence-corrected chi connectivity index (χ0v) is 17.7. The van der Waals surface area contributed by atoms with Gasteiger partial charge < -0.3 is 10.2 Å². The van der Waals surface area contributed by atoms with E-state index in [0.29, 0.717) is 25.2 Å². The largest absolute Gasteiger partial charge is 0.357 e. The van der Waals surface area contributed by atoms with Crippen molar-refractivity contribution in [1.29, 1.82) is 0 Å². The molecule has 0 spiro atoms. The van der Waals surface area contributed by atoms with E-state index in [-0.39, 0.29) is 24.2 Å². The Kier molecular flexibility index (Phi) is 8.37. The van der Waals surface area contributed by atoms with Crippen LogP contribution in [0.1, 0.15) is 56.2 Å². The van der Waals surface area contributed by atoms with Gasteiger partial charge in [0.2, 0.25) is 11.8 Å². The van der Waals surface area contributed by atoms with Crippen molar-refractivity contribution in [2.75, 3.05) is 7.05 Å². The average Bonchev–Trinajstić information content (AvgIpc) is 2.73. The second-order valence-corrected chi connectivity index (χ2v) is 7.58. The first-order chi connectivity index (χ1) is 13.8. The Morgan fingerprint density at radius 2 is 1.59 bits per heavy atom. The molecule has 0 aromatic heterocycles. The summed E-state index contributed by atoms with van der Waals surface area (Å²) in [6, 6.07) is 13.8. The molecule has 4 nitrogen and oxygen atoms in total. The lowest BCUT2D eigenvalue weighted by Gasteiger charge is -2.30. The fraction of sp³-hybridized carbons (Fsp3) is 0.417. The number of benzene rings is 2. The van der Waals surface area contributed by atoms with Gasteiger partial charge in [0.05, 0.1) is 0 Å². The number of halogens is 1. The van der Waals surface area contributed by atoms with Crippen molar-refractivity contribution in [1.82, 2.24) is 10.2 Å². The van der Waals surface area contributed by atoms with Crippen molar-refractivity contribution in [2.24, 2.45) is 0 Å². The van der Waals surface area contributed by atoms with E-state index in [1.165, 1.54) is 17.7 Å². The van der Waals surface area contributed by atoms with Gasteiger partial charge in [-0.1, -0.05) is 57.2 Å². The highest BCUT2D eigenvalue weighted by atomic mass is 19.1. The Balaban J connectivity index is 2.14. The van der Waals surface area contributed by atoms with E-state index in [2.05, 4.69) is 43.4 Å². The van der Waals surface area contributed by atoms with Crippen LogP contribution in [-0.2, 0) is 22.6 Å². The molecular weight excluding hydrogens is 367 g/mol. The van der Waals surface area contributed by atoms with Crippen LogP contribution in [0.2, 0.25) is 0 Å². The summed E-state index contributed by atoms with van der Waals surface area (Å²) in [5.41, 5.74) is 3.16. The first-order valence-electron chi connectivity index (χ1n) is 10.2. The summed E-state index contributed by atoms with van der Waals surface area (Å²) in [7, 11) is 1.57. The van der Waals surface area contributed by atoms with Crippen molar-refractivity contribution >= 4 is 11.8 Å². The van der Waals surface area contributed by atoms with Gasteiger partial charge in [0, 0.05) is 20.0 Å². The maximum Gasteiger partial charge on any atom is 0.242 e. The molecule has 0 aliphatic rings. The summed E-state index contributed by atoms with van der Waals surface area (Å²) in [5, 5.41) is 2.64. The van der Waals surface area contributed by atoms with Crippen LogP contribution in [0.4, 0.5) is 4.39 Å². The standard InChI is InChI=1S/C24H31FN2O2/c1-5-22(24(29)26-4)27(16-19-8-13-21(25)14-9-19)23(28)15-10-18-6-11-20(12-7-18)17(2)3/h6-9,11-14,17,22H,5,10,15-16H2,1-4H3,(H,26,29)/t22-/m0/s1. The molecule has 1 N–H and O–H groups in total. The van der Waals surface area contributed by atoms with Crippen LogP contribution in [-0.4, -0.2) is 29.8 Å². The van der Waals surface area contributed by atoms with Gasteiger partial charge in [0.25, 0.3) is 0 Å². The molecule has 0 unspecified atom stereocenters. The van der Waals surface area contributed by atoms with Gasteiger partial charge in [-0.05, 0) is 47.6 Å². The molecule has 5 heteroatoms. The number of likely N-dealkylation sites (N-methyl/N-ethyl adjacent to an activating group) is 1. The third kappa shape index (κ3) is 6.41. The van der Waals surface area contributed by atoms with E-state index in [1.807, 2.05) is 6.92 Å². The molecule has 0 radical (unpaired) electrons. The highest BCUT2D eigenvalue weighted by molar-refractivity contribution is 5.87. The second-order valence-electron chi connectivity index (χ2n) is 7.58. The van der Waals surface area contributed by atoms with Crippen molar-refractivity contribution < 1.29 is 14.0 Å². The molecule has 0 aliphatic heterocycles. The molecule has 0 saturated heterocycles. The monoisotopic (exact) mass is 398 g/mol. The van der Waals surface area contributed by atoms with E-state index >= 15 is 0 Å². The third-order valence-electron chi connectivity index (χ3n) is 5.17. The van der Waals surface area contributed by atoms with Gasteiger partial charge in [-0.25, -0.2) is 4.39 Å². The number of hydrogen-bond donors (Lipinski definition) is 1. The number of amides is 2. The van der Waals surface area contributed by atoms with Crippen molar-refractivity contribution in [2.45, 2.75) is 58.5 Å². The molecule has 0 saturated carbocycles. The quantitative estimate of drug-likeness (QED) is 0.679. The molecule has 2 aromatic carbocycles. The lowest BCUT2D eigenvalue weighted by molar-refractivity contribution is -0.141. The van der Waals surface area contributed by atoms with Crippen LogP contribution in [0.3, 0.4) is 0 Å². The highest BCUT2D eigenvalue weighted by Crippen LogP contribution is 2.18. The minimum absolute atomic E-state index is 0.0855. The van der Waals surface area contributed by atoms with E-state index < -0.39 is 6.04 Å². The summed E-state index contributed by atoms with van der Waals surface area (Å²) in [6.07, 6.45) is 1.44. The summed E-state index contributed by atoms with van der Waals surface area (Å²) in [5.74, 6) is -0.133. The number of aryl methyl sites for hydroxylation is 1. The lowest BCUT2D eigenvalue weighted by atomic mass is 10.00. The Morgan fingerprint density at radius 1 is 1.00 bits per heavy atom.